The second-order valence-corrected chi connectivity index (χ2v) is 6.89. The smallest absolute Gasteiger partial charge is 0.103 e. The fraction of sp³-hybridized carbons (Fsp3) is 0.938. The van der Waals surface area contributed by atoms with Crippen molar-refractivity contribution in [1.29, 1.82) is 5.26 Å². The lowest BCUT2D eigenvalue weighted by molar-refractivity contribution is 0.00248. The molecule has 0 spiro atoms. The largest absolute Gasteiger partial charge is 0.378 e. The molecule has 1 aliphatic rings. The Hall–Kier alpha value is -0.590. The number of nitrogens with zero attached hydrogens (tertiary/aromatic N) is 1. The minimum Gasteiger partial charge on any atom is -0.378 e. The van der Waals surface area contributed by atoms with Gasteiger partial charge >= 0.3 is 0 Å². The van der Waals surface area contributed by atoms with Crippen LogP contribution in [0.15, 0.2) is 0 Å². The van der Waals surface area contributed by atoms with Crippen LogP contribution >= 0.6 is 0 Å². The van der Waals surface area contributed by atoms with E-state index >= 15 is 0 Å². The van der Waals surface area contributed by atoms with Crippen molar-refractivity contribution in [3.8, 4) is 6.07 Å². The highest BCUT2D eigenvalue weighted by Crippen LogP contribution is 2.36. The van der Waals surface area contributed by atoms with Gasteiger partial charge in [-0.2, -0.15) is 5.26 Å². The molecule has 0 bridgehead atoms. The van der Waals surface area contributed by atoms with E-state index in [1.165, 1.54) is 25.7 Å². The zero-order chi connectivity index (χ0) is 14.4. The van der Waals surface area contributed by atoms with Gasteiger partial charge in [-0.05, 0) is 64.3 Å². The van der Waals surface area contributed by atoms with Crippen LogP contribution in [0.5, 0.6) is 0 Å². The summed E-state index contributed by atoms with van der Waals surface area (Å²) < 4.78 is 5.95. The molecule has 0 saturated heterocycles. The highest BCUT2D eigenvalue weighted by molar-refractivity contribution is 5.02. The highest BCUT2D eigenvalue weighted by Gasteiger charge is 2.27. The summed E-state index contributed by atoms with van der Waals surface area (Å²) >= 11 is 0. The van der Waals surface area contributed by atoms with Gasteiger partial charge in [-0.25, -0.2) is 0 Å². The Morgan fingerprint density at radius 1 is 1.32 bits per heavy atom. The van der Waals surface area contributed by atoms with Crippen LogP contribution in [0.4, 0.5) is 0 Å². The Balaban J connectivity index is 2.08. The molecule has 1 N–H and O–H groups in total. The maximum atomic E-state index is 9.05. The van der Waals surface area contributed by atoms with Crippen molar-refractivity contribution in [2.45, 2.75) is 77.4 Å². The lowest BCUT2D eigenvalue weighted by atomic mass is 9.76. The molecule has 0 aliphatic heterocycles. The van der Waals surface area contributed by atoms with E-state index in [9.17, 15) is 0 Å². The molecule has 0 aromatic heterocycles. The lowest BCUT2D eigenvalue weighted by Crippen LogP contribution is -2.37. The summed E-state index contributed by atoms with van der Waals surface area (Å²) in [7, 11) is 1.85. The molecule has 1 fully saturated rings. The van der Waals surface area contributed by atoms with Gasteiger partial charge in [0, 0.05) is 6.61 Å². The molecule has 1 rings (SSSR count). The van der Waals surface area contributed by atoms with Crippen LogP contribution in [0.2, 0.25) is 0 Å². The van der Waals surface area contributed by atoms with E-state index < -0.39 is 0 Å². The number of rotatable bonds is 7. The van der Waals surface area contributed by atoms with Crippen molar-refractivity contribution in [3.05, 3.63) is 0 Å². The van der Waals surface area contributed by atoms with Crippen LogP contribution in [-0.4, -0.2) is 25.3 Å². The van der Waals surface area contributed by atoms with Crippen LogP contribution < -0.4 is 5.32 Å². The predicted molar refractivity (Wildman–Crippen MR) is 78.9 cm³/mol. The highest BCUT2D eigenvalue weighted by atomic mass is 16.5. The molecule has 19 heavy (non-hydrogen) atoms. The quantitative estimate of drug-likeness (QED) is 0.715. The predicted octanol–water partition coefficient (Wildman–Crippen LogP) is 3.64. The molecule has 1 aliphatic carbocycles. The summed E-state index contributed by atoms with van der Waals surface area (Å²) in [5.41, 5.74) is 0.135. The zero-order valence-corrected chi connectivity index (χ0v) is 13.1. The second kappa shape index (κ2) is 7.26. The van der Waals surface area contributed by atoms with E-state index in [1.54, 1.807) is 0 Å². The Kier molecular flexibility index (Phi) is 6.29. The number of unbranched alkanes of at least 4 members (excludes halogenated alkanes) is 1. The van der Waals surface area contributed by atoms with Crippen molar-refractivity contribution < 1.29 is 4.74 Å². The molecule has 0 heterocycles. The summed E-state index contributed by atoms with van der Waals surface area (Å²) in [5.74, 6) is 0. The molecule has 110 valence electrons. The summed E-state index contributed by atoms with van der Waals surface area (Å²) in [6, 6.07) is 2.33. The van der Waals surface area contributed by atoms with Crippen molar-refractivity contribution >= 4 is 0 Å². The summed E-state index contributed by atoms with van der Waals surface area (Å²) in [4.78, 5) is 0. The molecule has 3 nitrogen and oxygen atoms in total. The molecular weight excluding hydrogens is 236 g/mol. The first-order valence-corrected chi connectivity index (χ1v) is 7.63. The summed E-state index contributed by atoms with van der Waals surface area (Å²) in [6.45, 7) is 7.50. The fourth-order valence-corrected chi connectivity index (χ4v) is 2.61. The monoisotopic (exact) mass is 266 g/mol. The first-order chi connectivity index (χ1) is 8.91. The molecule has 0 radical (unpaired) electrons. The van der Waals surface area contributed by atoms with Crippen LogP contribution in [-0.2, 0) is 4.74 Å². The minimum atomic E-state index is -0.380. The normalized spacial score (nSPS) is 22.7. The number of ether oxygens (including phenoxy) is 1. The Morgan fingerprint density at radius 2 is 1.95 bits per heavy atom. The van der Waals surface area contributed by atoms with Crippen molar-refractivity contribution in [3.63, 3.8) is 0 Å². The van der Waals surface area contributed by atoms with E-state index in [-0.39, 0.29) is 5.54 Å². The second-order valence-electron chi connectivity index (χ2n) is 6.89. The zero-order valence-electron chi connectivity index (χ0n) is 13.1. The molecule has 0 aromatic carbocycles. The molecule has 1 atom stereocenters. The van der Waals surface area contributed by atoms with Gasteiger partial charge in [0.25, 0.3) is 0 Å². The first-order valence-electron chi connectivity index (χ1n) is 7.63. The summed E-state index contributed by atoms with van der Waals surface area (Å²) in [6.07, 6.45) is 8.44. The van der Waals surface area contributed by atoms with Crippen LogP contribution in [0, 0.1) is 16.7 Å². The third kappa shape index (κ3) is 5.93. The Labute approximate surface area is 118 Å². The SMILES string of the molecule is CNC(C)(C#N)CCCCOC1CCC(C)(C)CC1. The number of nitriles is 1. The average Bonchev–Trinajstić information content (AvgIpc) is 2.40. The molecule has 0 aromatic rings. The minimum absolute atomic E-state index is 0.380. The van der Waals surface area contributed by atoms with Gasteiger partial charge < -0.3 is 10.1 Å². The topological polar surface area (TPSA) is 45.0 Å². The molecule has 3 heteroatoms. The number of nitrogens with one attached hydrogen (secondary N) is 1. The molecule has 0 amide bonds. The van der Waals surface area contributed by atoms with Crippen LogP contribution in [0.25, 0.3) is 0 Å². The third-order valence-corrected chi connectivity index (χ3v) is 4.51. The molecule has 1 unspecified atom stereocenters. The van der Waals surface area contributed by atoms with Gasteiger partial charge in [-0.3, -0.25) is 0 Å². The number of hydrogen-bond acceptors (Lipinski definition) is 3. The maximum Gasteiger partial charge on any atom is 0.103 e. The van der Waals surface area contributed by atoms with Crippen LogP contribution in [0.1, 0.15) is 65.7 Å². The fourth-order valence-electron chi connectivity index (χ4n) is 2.61. The van der Waals surface area contributed by atoms with E-state index in [0.717, 1.165) is 25.9 Å². The van der Waals surface area contributed by atoms with E-state index in [1.807, 2.05) is 14.0 Å². The van der Waals surface area contributed by atoms with E-state index in [4.69, 9.17) is 10.00 Å². The Morgan fingerprint density at radius 3 is 2.47 bits per heavy atom. The summed E-state index contributed by atoms with van der Waals surface area (Å²) in [5, 5.41) is 12.1. The van der Waals surface area contributed by atoms with E-state index in [2.05, 4.69) is 25.2 Å². The maximum absolute atomic E-state index is 9.05. The van der Waals surface area contributed by atoms with Crippen LogP contribution in [0.3, 0.4) is 0 Å². The van der Waals surface area contributed by atoms with Gasteiger partial charge in [0.15, 0.2) is 0 Å². The van der Waals surface area contributed by atoms with Crippen molar-refractivity contribution in [2.75, 3.05) is 13.7 Å². The standard InChI is InChI=1S/C16H30N2O/c1-15(2)10-7-14(8-11-15)19-12-6-5-9-16(3,13-17)18-4/h14,18H,5-12H2,1-4H3. The van der Waals surface area contributed by atoms with Gasteiger partial charge in [-0.15, -0.1) is 0 Å². The van der Waals surface area contributed by atoms with Gasteiger partial charge in [0.1, 0.15) is 5.54 Å². The van der Waals surface area contributed by atoms with Gasteiger partial charge in [0.2, 0.25) is 0 Å². The number of hydrogen-bond donors (Lipinski definition) is 1. The lowest BCUT2D eigenvalue weighted by Gasteiger charge is -2.34. The van der Waals surface area contributed by atoms with E-state index in [0.29, 0.717) is 11.5 Å². The van der Waals surface area contributed by atoms with Gasteiger partial charge in [0.05, 0.1) is 12.2 Å². The Bertz CT molecular complexity index is 298. The van der Waals surface area contributed by atoms with Crippen molar-refractivity contribution in [1.82, 2.24) is 5.32 Å². The average molecular weight is 266 g/mol. The van der Waals surface area contributed by atoms with Gasteiger partial charge in [-0.1, -0.05) is 13.8 Å². The molecule has 1 saturated carbocycles. The van der Waals surface area contributed by atoms with Crippen molar-refractivity contribution in [2.24, 2.45) is 5.41 Å². The first kappa shape index (κ1) is 16.5. The molecular formula is C16H30N2O. The third-order valence-electron chi connectivity index (χ3n) is 4.51.